The van der Waals surface area contributed by atoms with Gasteiger partial charge in [-0.15, -0.1) is 24.0 Å². The minimum Gasteiger partial charge on any atom is -0.381 e. The van der Waals surface area contributed by atoms with Gasteiger partial charge in [0.25, 0.3) is 0 Å². The highest BCUT2D eigenvalue weighted by Crippen LogP contribution is 2.13. The largest absolute Gasteiger partial charge is 0.381 e. The van der Waals surface area contributed by atoms with Crippen LogP contribution >= 0.6 is 24.0 Å². The summed E-state index contributed by atoms with van der Waals surface area (Å²) in [5, 5.41) is 11.5. The van der Waals surface area contributed by atoms with Crippen molar-refractivity contribution in [2.45, 2.75) is 64.1 Å². The third kappa shape index (κ3) is 6.86. The average molecular weight is 492 g/mol. The Morgan fingerprint density at radius 3 is 2.89 bits per heavy atom. The Hall–Kier alpha value is -0.940. The molecule has 0 saturated carbocycles. The van der Waals surface area contributed by atoms with E-state index in [1.54, 1.807) is 0 Å². The molecule has 0 amide bonds. The second kappa shape index (κ2) is 11.8. The zero-order valence-corrected chi connectivity index (χ0v) is 18.8. The van der Waals surface area contributed by atoms with Gasteiger partial charge in [-0.05, 0) is 25.7 Å². The van der Waals surface area contributed by atoms with Crippen LogP contribution in [0.15, 0.2) is 4.99 Å². The van der Waals surface area contributed by atoms with E-state index < -0.39 is 0 Å². The van der Waals surface area contributed by atoms with Crippen molar-refractivity contribution in [2.75, 3.05) is 33.4 Å². The van der Waals surface area contributed by atoms with Gasteiger partial charge in [-0.2, -0.15) is 5.10 Å². The van der Waals surface area contributed by atoms with Gasteiger partial charge in [-0.3, -0.25) is 4.99 Å². The Morgan fingerprint density at radius 2 is 2.15 bits per heavy atom. The zero-order chi connectivity index (χ0) is 18.2. The van der Waals surface area contributed by atoms with Gasteiger partial charge in [0.05, 0.1) is 12.6 Å². The van der Waals surface area contributed by atoms with Crippen LogP contribution in [-0.4, -0.2) is 66.3 Å². The lowest BCUT2D eigenvalue weighted by atomic mass is 10.1. The first-order valence-corrected chi connectivity index (χ1v) is 9.87. The Labute approximate surface area is 178 Å². The van der Waals surface area contributed by atoms with E-state index in [4.69, 9.17) is 9.47 Å². The van der Waals surface area contributed by atoms with Crippen LogP contribution in [0.2, 0.25) is 0 Å². The molecule has 1 unspecified atom stereocenters. The van der Waals surface area contributed by atoms with Gasteiger partial charge in [-0.25, -0.2) is 9.67 Å². The van der Waals surface area contributed by atoms with Crippen molar-refractivity contribution in [3.8, 4) is 0 Å². The van der Waals surface area contributed by atoms with Crippen LogP contribution in [0.25, 0.3) is 0 Å². The number of guanidine groups is 1. The first-order chi connectivity index (χ1) is 12.8. The van der Waals surface area contributed by atoms with Gasteiger partial charge in [0.2, 0.25) is 0 Å². The van der Waals surface area contributed by atoms with E-state index in [1.165, 1.54) is 0 Å². The van der Waals surface area contributed by atoms with Crippen LogP contribution in [0.5, 0.6) is 0 Å². The topological polar surface area (TPSA) is 85.6 Å². The van der Waals surface area contributed by atoms with Crippen molar-refractivity contribution in [1.82, 2.24) is 25.4 Å². The van der Waals surface area contributed by atoms with Crippen molar-refractivity contribution in [3.05, 3.63) is 11.6 Å². The van der Waals surface area contributed by atoms with Gasteiger partial charge < -0.3 is 20.1 Å². The van der Waals surface area contributed by atoms with Crippen molar-refractivity contribution >= 4 is 29.9 Å². The Balaban J connectivity index is 0.00000261. The van der Waals surface area contributed by atoms with Crippen LogP contribution in [0.1, 0.15) is 44.3 Å². The molecule has 3 heterocycles. The fourth-order valence-corrected chi connectivity index (χ4v) is 3.39. The molecule has 27 heavy (non-hydrogen) atoms. The molecule has 0 bridgehead atoms. The molecule has 3 rings (SSSR count). The number of ether oxygens (including phenoxy) is 2. The molecule has 2 aliphatic heterocycles. The molecule has 2 N–H and O–H groups in total. The summed E-state index contributed by atoms with van der Waals surface area (Å²) in [5.41, 5.74) is 0. The zero-order valence-electron chi connectivity index (χ0n) is 16.4. The Bertz CT molecular complexity index is 588. The minimum absolute atomic E-state index is 0. The maximum atomic E-state index is 5.90. The third-order valence-electron chi connectivity index (χ3n) is 4.92. The highest BCUT2D eigenvalue weighted by molar-refractivity contribution is 14.0. The van der Waals surface area contributed by atoms with Crippen molar-refractivity contribution < 1.29 is 9.47 Å². The SMILES string of the molecule is CCc1nc2n(n1)CC(NC(=NC)NCCCOC1CCOCC1)CC2.I. The molecule has 1 aromatic heterocycles. The van der Waals surface area contributed by atoms with Crippen LogP contribution in [-0.2, 0) is 28.9 Å². The van der Waals surface area contributed by atoms with Gasteiger partial charge >= 0.3 is 0 Å². The fourth-order valence-electron chi connectivity index (χ4n) is 3.39. The van der Waals surface area contributed by atoms with Crippen LogP contribution in [0.4, 0.5) is 0 Å². The van der Waals surface area contributed by atoms with E-state index >= 15 is 0 Å². The van der Waals surface area contributed by atoms with Crippen molar-refractivity contribution in [3.63, 3.8) is 0 Å². The van der Waals surface area contributed by atoms with Crippen molar-refractivity contribution in [1.29, 1.82) is 0 Å². The normalized spacial score (nSPS) is 20.7. The number of fused-ring (bicyclic) bond motifs is 1. The van der Waals surface area contributed by atoms with E-state index in [2.05, 4.69) is 32.6 Å². The summed E-state index contributed by atoms with van der Waals surface area (Å²) in [4.78, 5) is 8.91. The number of hydrogen-bond acceptors (Lipinski definition) is 5. The van der Waals surface area contributed by atoms with Gasteiger partial charge in [-0.1, -0.05) is 6.92 Å². The summed E-state index contributed by atoms with van der Waals surface area (Å²) in [6.45, 7) is 6.22. The third-order valence-corrected chi connectivity index (χ3v) is 4.92. The van der Waals surface area contributed by atoms with Crippen LogP contribution in [0, 0.1) is 0 Å². The second-order valence-electron chi connectivity index (χ2n) is 6.89. The smallest absolute Gasteiger partial charge is 0.191 e. The molecule has 1 fully saturated rings. The van der Waals surface area contributed by atoms with E-state index in [1.807, 2.05) is 11.7 Å². The fraction of sp³-hybridized carbons (Fsp3) is 0.833. The van der Waals surface area contributed by atoms with Crippen molar-refractivity contribution in [2.24, 2.45) is 4.99 Å². The molecule has 8 nitrogen and oxygen atoms in total. The number of rotatable bonds is 7. The number of aliphatic imine (C=N–C) groups is 1. The van der Waals surface area contributed by atoms with E-state index in [0.29, 0.717) is 12.1 Å². The summed E-state index contributed by atoms with van der Waals surface area (Å²) in [6, 6.07) is 0.332. The number of nitrogens with zero attached hydrogens (tertiary/aromatic N) is 4. The predicted molar refractivity (Wildman–Crippen MR) is 116 cm³/mol. The lowest BCUT2D eigenvalue weighted by molar-refractivity contribution is -0.0320. The second-order valence-corrected chi connectivity index (χ2v) is 6.89. The number of aromatic nitrogens is 3. The maximum Gasteiger partial charge on any atom is 0.191 e. The molecule has 0 radical (unpaired) electrons. The van der Waals surface area contributed by atoms with Crippen LogP contribution < -0.4 is 10.6 Å². The minimum atomic E-state index is 0. The van der Waals surface area contributed by atoms with Gasteiger partial charge in [0, 0.05) is 52.3 Å². The summed E-state index contributed by atoms with van der Waals surface area (Å²) in [5.74, 6) is 2.89. The number of aryl methyl sites for hydroxylation is 2. The Kier molecular flexibility index (Phi) is 9.77. The standard InChI is InChI=1S/C18H32N6O2.HI/c1-3-16-22-17-6-5-14(13-24(17)23-16)21-18(19-2)20-9-4-10-26-15-7-11-25-12-8-15;/h14-15H,3-13H2,1-2H3,(H2,19,20,21);1H. The molecular weight excluding hydrogens is 459 g/mol. The first kappa shape index (κ1) is 22.4. The van der Waals surface area contributed by atoms with E-state index in [0.717, 1.165) is 89.0 Å². The van der Waals surface area contributed by atoms with Gasteiger partial charge in [0.15, 0.2) is 11.8 Å². The first-order valence-electron chi connectivity index (χ1n) is 9.87. The highest BCUT2D eigenvalue weighted by Gasteiger charge is 2.22. The molecular formula is C18H33IN6O2. The molecule has 0 aliphatic carbocycles. The number of hydrogen-bond donors (Lipinski definition) is 2. The lowest BCUT2D eigenvalue weighted by Gasteiger charge is -2.25. The summed E-state index contributed by atoms with van der Waals surface area (Å²) in [7, 11) is 1.81. The average Bonchev–Trinajstić information content (AvgIpc) is 3.10. The molecule has 0 spiro atoms. The maximum absolute atomic E-state index is 5.90. The molecule has 154 valence electrons. The van der Waals surface area contributed by atoms with E-state index in [9.17, 15) is 0 Å². The quantitative estimate of drug-likeness (QED) is 0.260. The van der Waals surface area contributed by atoms with E-state index in [-0.39, 0.29) is 24.0 Å². The summed E-state index contributed by atoms with van der Waals surface area (Å²) < 4.78 is 13.3. The summed E-state index contributed by atoms with van der Waals surface area (Å²) in [6.07, 6.45) is 6.27. The molecule has 2 aliphatic rings. The molecule has 1 saturated heterocycles. The van der Waals surface area contributed by atoms with Gasteiger partial charge in [0.1, 0.15) is 5.82 Å². The molecule has 1 aromatic rings. The number of nitrogens with one attached hydrogen (secondary N) is 2. The molecule has 0 aromatic carbocycles. The Morgan fingerprint density at radius 1 is 1.33 bits per heavy atom. The predicted octanol–water partition coefficient (Wildman–Crippen LogP) is 1.52. The van der Waals surface area contributed by atoms with Crippen LogP contribution in [0.3, 0.4) is 0 Å². The molecule has 1 atom stereocenters. The molecule has 9 heteroatoms. The number of halogens is 1. The monoisotopic (exact) mass is 492 g/mol. The highest BCUT2D eigenvalue weighted by atomic mass is 127. The summed E-state index contributed by atoms with van der Waals surface area (Å²) >= 11 is 0. The lowest BCUT2D eigenvalue weighted by Crippen LogP contribution is -2.47.